The zero-order chi connectivity index (χ0) is 15.0. The van der Waals surface area contributed by atoms with Gasteiger partial charge in [0.15, 0.2) is 0 Å². The van der Waals surface area contributed by atoms with Crippen LogP contribution < -0.4 is 5.32 Å². The summed E-state index contributed by atoms with van der Waals surface area (Å²) in [6.45, 7) is 0. The van der Waals surface area contributed by atoms with E-state index in [0.717, 1.165) is 38.5 Å². The van der Waals surface area contributed by atoms with E-state index in [2.05, 4.69) is 5.32 Å². The van der Waals surface area contributed by atoms with Crippen LogP contribution in [0.4, 0.5) is 4.79 Å². The Bertz CT molecular complexity index is 408. The molecule has 2 saturated heterocycles. The second-order valence-electron chi connectivity index (χ2n) is 6.70. The lowest BCUT2D eigenvalue weighted by Gasteiger charge is -2.41. The summed E-state index contributed by atoms with van der Waals surface area (Å²) in [5.74, 6) is -0.497. The Morgan fingerprint density at radius 1 is 1.19 bits per heavy atom. The number of methoxy groups -OCH3 is 1. The van der Waals surface area contributed by atoms with E-state index in [0.29, 0.717) is 0 Å². The summed E-state index contributed by atoms with van der Waals surface area (Å²) in [6, 6.07) is 0.729. The minimum atomic E-state index is -0.725. The molecule has 118 valence electrons. The molecule has 1 saturated carbocycles. The molecule has 0 spiro atoms. The van der Waals surface area contributed by atoms with Gasteiger partial charge in [0.25, 0.3) is 0 Å². The molecule has 1 aliphatic carbocycles. The molecule has 2 aliphatic heterocycles. The summed E-state index contributed by atoms with van der Waals surface area (Å²) in [5.41, 5.74) is 0. The maximum atomic E-state index is 12.4. The molecule has 2 unspecified atom stereocenters. The number of aliphatic carboxylic acids is 1. The third-order valence-electron chi connectivity index (χ3n) is 5.28. The molecular formula is C15H24N2O4. The fourth-order valence-electron chi connectivity index (χ4n) is 4.16. The molecule has 6 heteroatoms. The Labute approximate surface area is 124 Å². The van der Waals surface area contributed by atoms with Crippen LogP contribution in [0, 0.1) is 5.92 Å². The molecule has 0 aromatic heterocycles. The molecule has 0 aromatic carbocycles. The van der Waals surface area contributed by atoms with Crippen molar-refractivity contribution in [2.24, 2.45) is 5.92 Å². The number of rotatable bonds is 4. The van der Waals surface area contributed by atoms with E-state index in [9.17, 15) is 9.59 Å². The highest BCUT2D eigenvalue weighted by Gasteiger charge is 2.44. The first kappa shape index (κ1) is 14.6. The number of ether oxygens (including phenoxy) is 1. The van der Waals surface area contributed by atoms with Gasteiger partial charge in [0, 0.05) is 31.7 Å². The third-order valence-corrected chi connectivity index (χ3v) is 5.28. The predicted octanol–water partition coefficient (Wildman–Crippen LogP) is 1.59. The number of carbonyl (C=O) groups excluding carboxylic acids is 1. The van der Waals surface area contributed by atoms with Gasteiger partial charge in [0.1, 0.15) is 0 Å². The molecular weight excluding hydrogens is 272 g/mol. The van der Waals surface area contributed by atoms with Crippen molar-refractivity contribution in [3.8, 4) is 0 Å². The summed E-state index contributed by atoms with van der Waals surface area (Å²) < 4.78 is 5.23. The van der Waals surface area contributed by atoms with Gasteiger partial charge >= 0.3 is 12.0 Å². The molecule has 6 nitrogen and oxygen atoms in total. The highest BCUT2D eigenvalue weighted by molar-refractivity contribution is 5.76. The number of fused-ring (bicyclic) bond motifs is 2. The van der Waals surface area contributed by atoms with E-state index < -0.39 is 5.97 Å². The zero-order valence-electron chi connectivity index (χ0n) is 12.5. The summed E-state index contributed by atoms with van der Waals surface area (Å²) in [4.78, 5) is 25.3. The maximum Gasteiger partial charge on any atom is 0.318 e. The maximum absolute atomic E-state index is 12.4. The number of carboxylic acids is 1. The molecule has 2 amide bonds. The summed E-state index contributed by atoms with van der Waals surface area (Å²) in [7, 11) is 1.70. The fraction of sp³-hybridized carbons (Fsp3) is 0.867. The quantitative estimate of drug-likeness (QED) is 0.826. The molecule has 0 radical (unpaired) electrons. The van der Waals surface area contributed by atoms with E-state index in [1.54, 1.807) is 7.11 Å². The number of amides is 2. The summed E-state index contributed by atoms with van der Waals surface area (Å²) in [6.07, 6.45) is 6.01. The van der Waals surface area contributed by atoms with Crippen LogP contribution in [0.5, 0.6) is 0 Å². The highest BCUT2D eigenvalue weighted by Crippen LogP contribution is 2.40. The second kappa shape index (κ2) is 5.83. The van der Waals surface area contributed by atoms with Crippen molar-refractivity contribution in [3.63, 3.8) is 0 Å². The van der Waals surface area contributed by atoms with Gasteiger partial charge in [-0.05, 0) is 44.4 Å². The second-order valence-corrected chi connectivity index (χ2v) is 6.70. The average Bonchev–Trinajstić information content (AvgIpc) is 2.64. The van der Waals surface area contributed by atoms with Crippen molar-refractivity contribution in [1.29, 1.82) is 0 Å². The molecule has 0 aromatic rings. The molecule has 3 aliphatic rings. The normalized spacial score (nSPS) is 38.0. The molecule has 3 rings (SSSR count). The van der Waals surface area contributed by atoms with Crippen LogP contribution in [-0.2, 0) is 9.53 Å². The fourth-order valence-corrected chi connectivity index (χ4v) is 4.16. The Balaban J connectivity index is 1.53. The number of hydrogen-bond acceptors (Lipinski definition) is 3. The van der Waals surface area contributed by atoms with Crippen LogP contribution in [-0.4, -0.2) is 53.3 Å². The van der Waals surface area contributed by atoms with Crippen LogP contribution >= 0.6 is 0 Å². The van der Waals surface area contributed by atoms with Crippen LogP contribution in [0.2, 0.25) is 0 Å². The Hall–Kier alpha value is -1.30. The van der Waals surface area contributed by atoms with E-state index >= 15 is 0 Å². The largest absolute Gasteiger partial charge is 0.481 e. The molecule has 3 fully saturated rings. The number of nitrogens with one attached hydrogen (secondary N) is 1. The first-order valence-electron chi connectivity index (χ1n) is 7.90. The first-order chi connectivity index (χ1) is 10.1. The lowest BCUT2D eigenvalue weighted by Crippen LogP contribution is -2.56. The Morgan fingerprint density at radius 2 is 1.81 bits per heavy atom. The number of piperidine rings is 1. The topological polar surface area (TPSA) is 78.9 Å². The van der Waals surface area contributed by atoms with Crippen molar-refractivity contribution < 1.29 is 19.4 Å². The van der Waals surface area contributed by atoms with Crippen molar-refractivity contribution >= 4 is 12.0 Å². The number of urea groups is 1. The van der Waals surface area contributed by atoms with Gasteiger partial charge in [-0.1, -0.05) is 0 Å². The highest BCUT2D eigenvalue weighted by atomic mass is 16.5. The lowest BCUT2D eigenvalue weighted by molar-refractivity contribution is -0.138. The first-order valence-corrected chi connectivity index (χ1v) is 7.90. The Morgan fingerprint density at radius 3 is 2.33 bits per heavy atom. The lowest BCUT2D eigenvalue weighted by atomic mass is 9.87. The number of hydrogen-bond donors (Lipinski definition) is 2. The molecule has 2 heterocycles. The van der Waals surface area contributed by atoms with Gasteiger partial charge in [0.05, 0.1) is 6.10 Å². The van der Waals surface area contributed by atoms with Gasteiger partial charge in [-0.25, -0.2) is 4.79 Å². The van der Waals surface area contributed by atoms with Crippen LogP contribution in [0.25, 0.3) is 0 Å². The van der Waals surface area contributed by atoms with Crippen LogP contribution in [0.1, 0.15) is 44.9 Å². The van der Waals surface area contributed by atoms with Gasteiger partial charge in [-0.2, -0.15) is 0 Å². The van der Waals surface area contributed by atoms with Crippen molar-refractivity contribution in [2.45, 2.75) is 69.2 Å². The molecule has 2 atom stereocenters. The van der Waals surface area contributed by atoms with E-state index in [-0.39, 0.29) is 42.6 Å². The zero-order valence-corrected chi connectivity index (χ0v) is 12.5. The molecule has 21 heavy (non-hydrogen) atoms. The smallest absolute Gasteiger partial charge is 0.318 e. The molecule has 2 N–H and O–H groups in total. The average molecular weight is 296 g/mol. The van der Waals surface area contributed by atoms with Gasteiger partial charge < -0.3 is 20.1 Å². The van der Waals surface area contributed by atoms with Gasteiger partial charge in [-0.15, -0.1) is 0 Å². The van der Waals surface area contributed by atoms with Crippen molar-refractivity contribution in [3.05, 3.63) is 0 Å². The van der Waals surface area contributed by atoms with Gasteiger partial charge in [-0.3, -0.25) is 4.79 Å². The Kier molecular flexibility index (Phi) is 4.06. The van der Waals surface area contributed by atoms with Crippen molar-refractivity contribution in [1.82, 2.24) is 10.2 Å². The van der Waals surface area contributed by atoms with Crippen LogP contribution in [0.15, 0.2) is 0 Å². The summed E-state index contributed by atoms with van der Waals surface area (Å²) >= 11 is 0. The van der Waals surface area contributed by atoms with E-state index in [4.69, 9.17) is 9.84 Å². The third kappa shape index (κ3) is 3.00. The number of carboxylic acid groups (broad SMARTS) is 1. The standard InChI is InChI=1S/C15H24N2O4/c1-21-13-7-10(8-13)16-15(20)17-11-2-3-12(17)5-9(4-11)6-14(18)19/h9-13H,2-8H2,1H3,(H,16,20)(H,18,19). The van der Waals surface area contributed by atoms with Crippen LogP contribution in [0.3, 0.4) is 0 Å². The summed E-state index contributed by atoms with van der Waals surface area (Å²) in [5, 5.41) is 12.0. The predicted molar refractivity (Wildman–Crippen MR) is 76.0 cm³/mol. The van der Waals surface area contributed by atoms with E-state index in [1.165, 1.54) is 0 Å². The van der Waals surface area contributed by atoms with Crippen molar-refractivity contribution in [2.75, 3.05) is 7.11 Å². The monoisotopic (exact) mass is 296 g/mol. The molecule has 2 bridgehead atoms. The minimum Gasteiger partial charge on any atom is -0.481 e. The van der Waals surface area contributed by atoms with Gasteiger partial charge in [0.2, 0.25) is 0 Å². The number of carbonyl (C=O) groups is 2. The number of nitrogens with zero attached hydrogens (tertiary/aromatic N) is 1. The minimum absolute atomic E-state index is 0.0378. The SMILES string of the molecule is COC1CC(NC(=O)N2C3CCC2CC(CC(=O)O)C3)C1. The van der Waals surface area contributed by atoms with E-state index in [1.807, 2.05) is 4.90 Å².